The number of carbonyl (C=O) groups excluding carboxylic acids is 1. The van der Waals surface area contributed by atoms with Crippen LogP contribution in [0.2, 0.25) is 0 Å². The van der Waals surface area contributed by atoms with Gasteiger partial charge in [0.2, 0.25) is 3.79 Å². The second-order valence-electron chi connectivity index (χ2n) is 5.75. The molecule has 2 rings (SSSR count). The maximum absolute atomic E-state index is 12.0. The Morgan fingerprint density at radius 3 is 2.64 bits per heavy atom. The average molecular weight is 366 g/mol. The van der Waals surface area contributed by atoms with Crippen LogP contribution in [0.3, 0.4) is 0 Å². The minimum Gasteiger partial charge on any atom is -0.445 e. The van der Waals surface area contributed by atoms with Crippen molar-refractivity contribution in [1.82, 2.24) is 4.98 Å². The summed E-state index contributed by atoms with van der Waals surface area (Å²) in [7, 11) is 0. The number of anilines is 1. The molecule has 0 saturated heterocycles. The third-order valence-corrected chi connectivity index (χ3v) is 3.97. The van der Waals surface area contributed by atoms with E-state index in [-0.39, 0.29) is 12.5 Å². The molecule has 1 aliphatic rings. The predicted molar refractivity (Wildman–Crippen MR) is 90.3 cm³/mol. The fraction of sp³-hybridized carbons (Fsp3) is 0.600. The number of alkyl halides is 3. The third-order valence-electron chi connectivity index (χ3n) is 3.65. The fourth-order valence-corrected chi connectivity index (χ4v) is 2.88. The number of fused-ring (bicyclic) bond motifs is 1. The van der Waals surface area contributed by atoms with Gasteiger partial charge in [-0.25, -0.2) is 4.79 Å². The molecule has 1 N–H and O–H groups in total. The summed E-state index contributed by atoms with van der Waals surface area (Å²) in [5, 5.41) is 2.80. The van der Waals surface area contributed by atoms with Crippen LogP contribution in [0, 0.1) is 6.92 Å². The molecule has 22 heavy (non-hydrogen) atoms. The average Bonchev–Trinajstić information content (AvgIpc) is 2.86. The van der Waals surface area contributed by atoms with E-state index in [2.05, 4.69) is 19.2 Å². The molecule has 0 aliphatic heterocycles. The van der Waals surface area contributed by atoms with Crippen LogP contribution < -0.4 is 5.32 Å². The van der Waals surface area contributed by atoms with Crippen molar-refractivity contribution in [3.05, 3.63) is 22.5 Å². The van der Waals surface area contributed by atoms with Crippen molar-refractivity contribution in [2.75, 3.05) is 11.9 Å². The Bertz CT molecular complexity index is 583. The van der Waals surface area contributed by atoms with Crippen molar-refractivity contribution in [1.29, 1.82) is 0 Å². The molecular weight excluding hydrogens is 347 g/mol. The van der Waals surface area contributed by atoms with Gasteiger partial charge in [-0.15, -0.1) is 0 Å². The number of carbonyl (C=O) groups is 1. The van der Waals surface area contributed by atoms with Crippen LogP contribution in [0.5, 0.6) is 0 Å². The van der Waals surface area contributed by atoms with Crippen molar-refractivity contribution < 1.29 is 9.53 Å². The monoisotopic (exact) mass is 364 g/mol. The molecule has 0 fully saturated rings. The highest BCUT2D eigenvalue weighted by Crippen LogP contribution is 2.34. The molecule has 0 saturated carbocycles. The summed E-state index contributed by atoms with van der Waals surface area (Å²) in [6.45, 7) is 5.83. The lowest BCUT2D eigenvalue weighted by Gasteiger charge is -2.19. The summed E-state index contributed by atoms with van der Waals surface area (Å²) >= 11 is 16.8. The normalized spacial score (nSPS) is 14.1. The number of rotatable bonds is 3. The molecule has 1 aromatic rings. The topological polar surface area (TPSA) is 51.2 Å². The first-order valence-electron chi connectivity index (χ1n) is 7.22. The Morgan fingerprint density at radius 2 is 2.05 bits per heavy atom. The minimum absolute atomic E-state index is 0.281. The minimum atomic E-state index is -1.62. The molecule has 0 radical (unpaired) electrons. The quantitative estimate of drug-likeness (QED) is 0.773. The first-order chi connectivity index (χ1) is 10.2. The van der Waals surface area contributed by atoms with Crippen LogP contribution in [0.25, 0.3) is 0 Å². The van der Waals surface area contributed by atoms with E-state index in [4.69, 9.17) is 44.5 Å². The van der Waals surface area contributed by atoms with E-state index in [9.17, 15) is 4.79 Å². The van der Waals surface area contributed by atoms with E-state index in [1.165, 1.54) is 0 Å². The maximum atomic E-state index is 12.0. The van der Waals surface area contributed by atoms with Gasteiger partial charge in [0.15, 0.2) is 0 Å². The van der Waals surface area contributed by atoms with Gasteiger partial charge < -0.3 is 4.74 Å². The largest absolute Gasteiger partial charge is 0.445 e. The zero-order chi connectivity index (χ0) is 16.5. The van der Waals surface area contributed by atoms with E-state index in [1.807, 2.05) is 6.92 Å². The molecule has 122 valence electrons. The Kier molecular flexibility index (Phi) is 5.46. The standard InChI is InChI=1S/C15H19Cl3N2O2/c1-8(2)12-9(3)13(10-5-4-6-11(10)19-12)20-14(21)22-7-15(16,17)18/h8H,4-7H2,1-3H3,(H,19,20,21). The number of aryl methyl sites for hydroxylation is 1. The highest BCUT2D eigenvalue weighted by molar-refractivity contribution is 6.67. The van der Waals surface area contributed by atoms with Gasteiger partial charge in [-0.1, -0.05) is 48.7 Å². The molecule has 1 amide bonds. The van der Waals surface area contributed by atoms with Gasteiger partial charge in [0.25, 0.3) is 0 Å². The zero-order valence-electron chi connectivity index (χ0n) is 12.8. The van der Waals surface area contributed by atoms with Crippen LogP contribution in [0.1, 0.15) is 48.7 Å². The number of halogens is 3. The molecular formula is C15H19Cl3N2O2. The van der Waals surface area contributed by atoms with Crippen molar-refractivity contribution in [2.24, 2.45) is 0 Å². The lowest BCUT2D eigenvalue weighted by Crippen LogP contribution is -2.22. The predicted octanol–water partition coefficient (Wildman–Crippen LogP) is 4.92. The first kappa shape index (κ1) is 17.6. The summed E-state index contributed by atoms with van der Waals surface area (Å²) in [4.78, 5) is 16.7. The van der Waals surface area contributed by atoms with Crippen LogP contribution in [0.4, 0.5) is 10.5 Å². The molecule has 1 aliphatic carbocycles. The Hall–Kier alpha value is -0.710. The highest BCUT2D eigenvalue weighted by atomic mass is 35.6. The number of hydrogen-bond donors (Lipinski definition) is 1. The molecule has 1 aromatic heterocycles. The fourth-order valence-electron chi connectivity index (χ4n) is 2.72. The van der Waals surface area contributed by atoms with Crippen LogP contribution in [0.15, 0.2) is 0 Å². The third kappa shape index (κ3) is 4.18. The molecule has 0 unspecified atom stereocenters. The lowest BCUT2D eigenvalue weighted by molar-refractivity contribution is 0.164. The first-order valence-corrected chi connectivity index (χ1v) is 8.35. The molecule has 0 atom stereocenters. The van der Waals surface area contributed by atoms with Gasteiger partial charge in [0, 0.05) is 11.4 Å². The molecule has 7 heteroatoms. The summed E-state index contributed by atoms with van der Waals surface area (Å²) in [6, 6.07) is 0. The van der Waals surface area contributed by atoms with Crippen LogP contribution in [-0.4, -0.2) is 21.5 Å². The molecule has 0 spiro atoms. The van der Waals surface area contributed by atoms with Crippen molar-refractivity contribution in [2.45, 2.75) is 49.7 Å². The number of aromatic nitrogens is 1. The van der Waals surface area contributed by atoms with E-state index >= 15 is 0 Å². The summed E-state index contributed by atoms with van der Waals surface area (Å²) in [6.07, 6.45) is 2.26. The van der Waals surface area contributed by atoms with E-state index in [1.54, 1.807) is 0 Å². The second kappa shape index (κ2) is 6.81. The van der Waals surface area contributed by atoms with Crippen molar-refractivity contribution >= 4 is 46.6 Å². The Morgan fingerprint density at radius 1 is 1.36 bits per heavy atom. The summed E-state index contributed by atoms with van der Waals surface area (Å²) < 4.78 is 3.34. The van der Waals surface area contributed by atoms with Crippen LogP contribution in [-0.2, 0) is 17.6 Å². The van der Waals surface area contributed by atoms with Gasteiger partial charge in [0.05, 0.1) is 5.69 Å². The van der Waals surface area contributed by atoms with Gasteiger partial charge >= 0.3 is 6.09 Å². The highest BCUT2D eigenvalue weighted by Gasteiger charge is 2.25. The number of amides is 1. The molecule has 1 heterocycles. The zero-order valence-corrected chi connectivity index (χ0v) is 15.1. The number of nitrogens with zero attached hydrogens (tertiary/aromatic N) is 1. The molecule has 0 bridgehead atoms. The second-order valence-corrected chi connectivity index (χ2v) is 8.26. The number of hydrogen-bond acceptors (Lipinski definition) is 3. The van der Waals surface area contributed by atoms with E-state index < -0.39 is 9.89 Å². The number of nitrogens with one attached hydrogen (secondary N) is 1. The smallest absolute Gasteiger partial charge is 0.411 e. The van der Waals surface area contributed by atoms with Crippen LogP contribution >= 0.6 is 34.8 Å². The molecule has 0 aromatic carbocycles. The van der Waals surface area contributed by atoms with Crippen molar-refractivity contribution in [3.63, 3.8) is 0 Å². The van der Waals surface area contributed by atoms with E-state index in [0.29, 0.717) is 0 Å². The maximum Gasteiger partial charge on any atom is 0.411 e. The van der Waals surface area contributed by atoms with Gasteiger partial charge in [-0.05, 0) is 43.2 Å². The Balaban J connectivity index is 2.25. The number of pyridine rings is 1. The van der Waals surface area contributed by atoms with Gasteiger partial charge in [0.1, 0.15) is 6.61 Å². The SMILES string of the molecule is Cc1c(C(C)C)nc2c(c1NC(=O)OCC(Cl)(Cl)Cl)CCC2. The van der Waals surface area contributed by atoms with Gasteiger partial charge in [-0.3, -0.25) is 10.3 Å². The van der Waals surface area contributed by atoms with Gasteiger partial charge in [-0.2, -0.15) is 0 Å². The summed E-state index contributed by atoms with van der Waals surface area (Å²) in [5.41, 5.74) is 4.91. The van der Waals surface area contributed by atoms with E-state index in [0.717, 1.165) is 47.5 Å². The lowest BCUT2D eigenvalue weighted by atomic mass is 9.99. The van der Waals surface area contributed by atoms with Crippen molar-refractivity contribution in [3.8, 4) is 0 Å². The molecule has 4 nitrogen and oxygen atoms in total. The number of ether oxygens (including phenoxy) is 1. The summed E-state index contributed by atoms with van der Waals surface area (Å²) in [5.74, 6) is 0.281. The Labute approximate surface area is 145 Å².